The van der Waals surface area contributed by atoms with Gasteiger partial charge in [-0.3, -0.25) is 10.0 Å². The van der Waals surface area contributed by atoms with Crippen molar-refractivity contribution < 1.29 is 10.0 Å². The van der Waals surface area contributed by atoms with E-state index in [1.54, 1.807) is 52.6 Å². The Morgan fingerprint density at radius 3 is 2.54 bits per heavy atom. The van der Waals surface area contributed by atoms with E-state index in [2.05, 4.69) is 10.1 Å². The quantitative estimate of drug-likeness (QED) is 0.346. The molecule has 2 aromatic carbocycles. The fraction of sp³-hybridized carbons (Fsp3) is 0.0625. The van der Waals surface area contributed by atoms with Crippen LogP contribution in [0.1, 0.15) is 16.2 Å². The second-order valence-electron chi connectivity index (χ2n) is 5.08. The van der Waals surface area contributed by atoms with Crippen LogP contribution in [0, 0.1) is 6.92 Å². The Labute approximate surface area is 167 Å². The van der Waals surface area contributed by atoms with Gasteiger partial charge in [-0.1, -0.05) is 23.2 Å². The van der Waals surface area contributed by atoms with Crippen LogP contribution in [-0.4, -0.2) is 25.9 Å². The zero-order valence-corrected chi connectivity index (χ0v) is 16.5. The molecule has 0 saturated carbocycles. The van der Waals surface area contributed by atoms with Crippen LogP contribution in [0.4, 0.5) is 0 Å². The van der Waals surface area contributed by atoms with E-state index in [0.29, 0.717) is 32.3 Å². The maximum Gasteiger partial charge on any atom is 0.274 e. The predicted molar refractivity (Wildman–Crippen MR) is 104 cm³/mol. The van der Waals surface area contributed by atoms with Crippen molar-refractivity contribution in [2.45, 2.75) is 17.0 Å². The van der Waals surface area contributed by atoms with Crippen molar-refractivity contribution in [1.29, 1.82) is 0 Å². The van der Waals surface area contributed by atoms with Crippen molar-refractivity contribution in [2.24, 2.45) is 0 Å². The first-order valence-corrected chi connectivity index (χ1v) is 10.2. The van der Waals surface area contributed by atoms with Gasteiger partial charge in [0.1, 0.15) is 5.82 Å². The largest absolute Gasteiger partial charge is 0.288 e. The lowest BCUT2D eigenvalue weighted by Gasteiger charge is -2.05. The second kappa shape index (κ2) is 8.32. The SMILES string of the molecule is Cc1nc(SSc2ccc(C(=O)NO)cc2)nn1-c1ccc(Cl)cc1Cl. The lowest BCUT2D eigenvalue weighted by atomic mass is 10.2. The van der Waals surface area contributed by atoms with Crippen LogP contribution in [-0.2, 0) is 0 Å². The normalized spacial score (nSPS) is 10.8. The first-order valence-electron chi connectivity index (χ1n) is 7.26. The van der Waals surface area contributed by atoms with Crippen LogP contribution in [0.15, 0.2) is 52.5 Å². The highest BCUT2D eigenvalue weighted by Crippen LogP contribution is 2.36. The molecule has 26 heavy (non-hydrogen) atoms. The molecule has 0 spiro atoms. The molecule has 0 aliphatic carbocycles. The Bertz CT molecular complexity index is 948. The molecule has 0 bridgehead atoms. The van der Waals surface area contributed by atoms with Gasteiger partial charge in [0.25, 0.3) is 5.91 Å². The number of nitrogens with one attached hydrogen (secondary N) is 1. The molecule has 2 N–H and O–H groups in total. The van der Waals surface area contributed by atoms with Crippen molar-refractivity contribution in [2.75, 3.05) is 0 Å². The van der Waals surface area contributed by atoms with E-state index in [1.807, 2.05) is 6.92 Å². The molecule has 1 aromatic heterocycles. The average molecular weight is 427 g/mol. The third-order valence-corrected chi connectivity index (χ3v) is 6.00. The van der Waals surface area contributed by atoms with Gasteiger partial charge in [-0.25, -0.2) is 15.1 Å². The summed E-state index contributed by atoms with van der Waals surface area (Å²) in [6.45, 7) is 1.84. The lowest BCUT2D eigenvalue weighted by molar-refractivity contribution is 0.0706. The summed E-state index contributed by atoms with van der Waals surface area (Å²) in [5, 5.41) is 14.7. The van der Waals surface area contributed by atoms with Crippen LogP contribution in [0.25, 0.3) is 5.69 Å². The summed E-state index contributed by atoms with van der Waals surface area (Å²) >= 11 is 12.2. The van der Waals surface area contributed by atoms with Crippen molar-refractivity contribution >= 4 is 50.7 Å². The van der Waals surface area contributed by atoms with Gasteiger partial charge in [-0.05, 0) is 71.0 Å². The predicted octanol–water partition coefficient (Wildman–Crippen LogP) is 4.80. The first-order chi connectivity index (χ1) is 12.5. The fourth-order valence-electron chi connectivity index (χ4n) is 2.09. The first kappa shape index (κ1) is 19.1. The van der Waals surface area contributed by atoms with Crippen LogP contribution >= 0.6 is 44.8 Å². The van der Waals surface area contributed by atoms with Crippen molar-refractivity contribution in [3.8, 4) is 5.69 Å². The highest BCUT2D eigenvalue weighted by Gasteiger charge is 2.12. The van der Waals surface area contributed by atoms with Crippen LogP contribution < -0.4 is 5.48 Å². The Hall–Kier alpha value is -1.71. The Kier molecular flexibility index (Phi) is 6.10. The van der Waals surface area contributed by atoms with Gasteiger partial charge in [-0.15, -0.1) is 5.10 Å². The van der Waals surface area contributed by atoms with E-state index in [1.165, 1.54) is 21.6 Å². The van der Waals surface area contributed by atoms with Crippen LogP contribution in [0.5, 0.6) is 0 Å². The average Bonchev–Trinajstić information content (AvgIpc) is 3.00. The van der Waals surface area contributed by atoms with Gasteiger partial charge < -0.3 is 0 Å². The Morgan fingerprint density at radius 1 is 1.15 bits per heavy atom. The highest BCUT2D eigenvalue weighted by molar-refractivity contribution is 8.76. The monoisotopic (exact) mass is 426 g/mol. The number of aromatic nitrogens is 3. The molecular weight excluding hydrogens is 415 g/mol. The van der Waals surface area contributed by atoms with Crippen molar-refractivity contribution in [3.63, 3.8) is 0 Å². The number of hydrogen-bond acceptors (Lipinski definition) is 6. The van der Waals surface area contributed by atoms with E-state index < -0.39 is 5.91 Å². The summed E-state index contributed by atoms with van der Waals surface area (Å²) in [5.41, 5.74) is 2.68. The van der Waals surface area contributed by atoms with Crippen LogP contribution in [0.2, 0.25) is 10.0 Å². The smallest absolute Gasteiger partial charge is 0.274 e. The maximum absolute atomic E-state index is 11.3. The molecule has 0 fully saturated rings. The second-order valence-corrected chi connectivity index (χ2v) is 8.09. The summed E-state index contributed by atoms with van der Waals surface area (Å²) in [6.07, 6.45) is 0. The van der Waals surface area contributed by atoms with Gasteiger partial charge in [-0.2, -0.15) is 0 Å². The topological polar surface area (TPSA) is 80.0 Å². The molecule has 10 heteroatoms. The molecule has 0 radical (unpaired) electrons. The standard InChI is InChI=1S/C16H12Cl2N4O2S2/c1-9-19-16(20-22(9)14-7-4-11(17)8-13(14)18)26-25-12-5-2-10(3-6-12)15(23)21-24/h2-8,24H,1H3,(H,21,23). The molecule has 0 saturated heterocycles. The molecule has 0 aliphatic rings. The lowest BCUT2D eigenvalue weighted by Crippen LogP contribution is -2.18. The minimum Gasteiger partial charge on any atom is -0.288 e. The fourth-order valence-corrected chi connectivity index (χ4v) is 4.34. The van der Waals surface area contributed by atoms with Crippen LogP contribution in [0.3, 0.4) is 0 Å². The van der Waals surface area contributed by atoms with Gasteiger partial charge in [0.15, 0.2) is 0 Å². The number of carbonyl (C=O) groups excluding carboxylic acids is 1. The molecule has 3 aromatic rings. The number of rotatable bonds is 5. The highest BCUT2D eigenvalue weighted by atomic mass is 35.5. The summed E-state index contributed by atoms with van der Waals surface area (Å²) < 4.78 is 1.66. The molecule has 3 rings (SSSR count). The maximum atomic E-state index is 11.3. The number of benzene rings is 2. The number of aryl methyl sites for hydroxylation is 1. The Morgan fingerprint density at radius 2 is 1.88 bits per heavy atom. The van der Waals surface area contributed by atoms with E-state index in [-0.39, 0.29) is 0 Å². The van der Waals surface area contributed by atoms with E-state index in [0.717, 1.165) is 4.90 Å². The number of hydroxylamine groups is 1. The number of nitrogens with zero attached hydrogens (tertiary/aromatic N) is 3. The third kappa shape index (κ3) is 4.33. The summed E-state index contributed by atoms with van der Waals surface area (Å²) in [5.74, 6) is 0.150. The summed E-state index contributed by atoms with van der Waals surface area (Å²) in [6, 6.07) is 12.0. The molecule has 134 valence electrons. The molecule has 0 aliphatic heterocycles. The molecule has 1 amide bonds. The van der Waals surface area contributed by atoms with E-state index in [4.69, 9.17) is 28.4 Å². The van der Waals surface area contributed by atoms with E-state index in [9.17, 15) is 4.79 Å². The number of carbonyl (C=O) groups is 1. The van der Waals surface area contributed by atoms with Gasteiger partial charge in [0, 0.05) is 15.5 Å². The Balaban J connectivity index is 1.72. The van der Waals surface area contributed by atoms with Gasteiger partial charge in [0.05, 0.1) is 10.7 Å². The number of amides is 1. The van der Waals surface area contributed by atoms with Crippen molar-refractivity contribution in [3.05, 3.63) is 63.9 Å². The molecule has 6 nitrogen and oxygen atoms in total. The molecule has 0 atom stereocenters. The van der Waals surface area contributed by atoms with E-state index >= 15 is 0 Å². The zero-order valence-electron chi connectivity index (χ0n) is 13.3. The summed E-state index contributed by atoms with van der Waals surface area (Å²) in [7, 11) is 2.84. The number of halogens is 2. The van der Waals surface area contributed by atoms with Gasteiger partial charge >= 0.3 is 0 Å². The zero-order chi connectivity index (χ0) is 18.7. The van der Waals surface area contributed by atoms with Gasteiger partial charge in [0.2, 0.25) is 5.16 Å². The minimum absolute atomic E-state index is 0.373. The molecule has 0 unspecified atom stereocenters. The summed E-state index contributed by atoms with van der Waals surface area (Å²) in [4.78, 5) is 16.7. The number of hydrogen-bond donors (Lipinski definition) is 2. The molecule has 1 heterocycles. The molecular formula is C16H12Cl2N4O2S2. The minimum atomic E-state index is -0.551. The van der Waals surface area contributed by atoms with Crippen molar-refractivity contribution in [1.82, 2.24) is 20.2 Å². The third-order valence-electron chi connectivity index (χ3n) is 3.32.